The molecule has 7 heteroatoms. The number of thiophene rings is 1. The molecule has 24 heavy (non-hydrogen) atoms. The van der Waals surface area contributed by atoms with Crippen molar-refractivity contribution in [3.8, 4) is 16.3 Å². The van der Waals surface area contributed by atoms with Crippen molar-refractivity contribution >= 4 is 17.2 Å². The third kappa shape index (κ3) is 3.94. The number of hydrogen-bond donors (Lipinski definition) is 1. The van der Waals surface area contributed by atoms with Crippen LogP contribution in [0.3, 0.4) is 0 Å². The predicted molar refractivity (Wildman–Crippen MR) is 89.1 cm³/mol. The van der Waals surface area contributed by atoms with E-state index in [4.69, 9.17) is 4.74 Å². The maximum Gasteiger partial charge on any atom is 0.258 e. The minimum atomic E-state index is -0.501. The zero-order chi connectivity index (χ0) is 16.8. The summed E-state index contributed by atoms with van der Waals surface area (Å²) in [5, 5.41) is 4.66. The Balaban J connectivity index is 1.58. The van der Waals surface area contributed by atoms with Crippen molar-refractivity contribution in [2.75, 3.05) is 6.61 Å². The summed E-state index contributed by atoms with van der Waals surface area (Å²) < 4.78 is 18.6. The molecule has 0 atom stereocenters. The van der Waals surface area contributed by atoms with Crippen LogP contribution < -0.4 is 10.1 Å². The Kier molecular flexibility index (Phi) is 5.12. The van der Waals surface area contributed by atoms with E-state index in [-0.39, 0.29) is 24.8 Å². The molecule has 0 fully saturated rings. The summed E-state index contributed by atoms with van der Waals surface area (Å²) >= 11 is 1.55. The molecule has 0 aliphatic carbocycles. The van der Waals surface area contributed by atoms with E-state index in [9.17, 15) is 9.18 Å². The molecule has 0 unspecified atom stereocenters. The molecule has 0 spiro atoms. The van der Waals surface area contributed by atoms with Crippen molar-refractivity contribution in [1.82, 2.24) is 15.3 Å². The quantitative estimate of drug-likeness (QED) is 0.747. The first-order valence-electron chi connectivity index (χ1n) is 7.22. The molecule has 0 aliphatic rings. The number of ether oxygens (including phenoxy) is 1. The van der Waals surface area contributed by atoms with Crippen molar-refractivity contribution in [1.29, 1.82) is 0 Å². The van der Waals surface area contributed by atoms with E-state index in [1.807, 2.05) is 17.5 Å². The van der Waals surface area contributed by atoms with E-state index in [1.54, 1.807) is 35.9 Å². The molecule has 1 N–H and O–H groups in total. The van der Waals surface area contributed by atoms with Gasteiger partial charge in [0.05, 0.1) is 17.1 Å². The topological polar surface area (TPSA) is 64.1 Å². The predicted octanol–water partition coefficient (Wildman–Crippen LogP) is 3.04. The zero-order valence-corrected chi connectivity index (χ0v) is 13.4. The Hall–Kier alpha value is -2.80. The second kappa shape index (κ2) is 7.65. The lowest BCUT2D eigenvalue weighted by atomic mass is 10.2. The van der Waals surface area contributed by atoms with Crippen LogP contribution in [0.4, 0.5) is 4.39 Å². The van der Waals surface area contributed by atoms with Gasteiger partial charge in [-0.3, -0.25) is 14.8 Å². The van der Waals surface area contributed by atoms with Gasteiger partial charge in [-0.05, 0) is 23.6 Å². The van der Waals surface area contributed by atoms with Gasteiger partial charge in [-0.1, -0.05) is 18.2 Å². The lowest BCUT2D eigenvalue weighted by Gasteiger charge is -2.09. The van der Waals surface area contributed by atoms with Gasteiger partial charge in [-0.2, -0.15) is 0 Å². The van der Waals surface area contributed by atoms with Crippen molar-refractivity contribution in [3.63, 3.8) is 0 Å². The molecule has 0 radical (unpaired) electrons. The number of halogens is 1. The molecule has 2 aromatic heterocycles. The fourth-order valence-corrected chi connectivity index (χ4v) is 2.80. The van der Waals surface area contributed by atoms with Gasteiger partial charge in [0.2, 0.25) is 0 Å². The Labute approximate surface area is 142 Å². The largest absolute Gasteiger partial charge is 0.481 e. The van der Waals surface area contributed by atoms with Gasteiger partial charge in [-0.15, -0.1) is 11.3 Å². The minimum Gasteiger partial charge on any atom is -0.481 e. The number of carbonyl (C=O) groups excluding carboxylic acids is 1. The average molecular weight is 343 g/mol. The summed E-state index contributed by atoms with van der Waals surface area (Å²) in [5.41, 5.74) is 1.40. The smallest absolute Gasteiger partial charge is 0.258 e. The Morgan fingerprint density at radius 3 is 2.79 bits per heavy atom. The number of para-hydroxylation sites is 1. The van der Waals surface area contributed by atoms with Crippen LogP contribution in [0.1, 0.15) is 5.69 Å². The Morgan fingerprint density at radius 1 is 1.17 bits per heavy atom. The van der Waals surface area contributed by atoms with Gasteiger partial charge >= 0.3 is 0 Å². The number of benzene rings is 1. The Morgan fingerprint density at radius 2 is 2.00 bits per heavy atom. The fourth-order valence-electron chi connectivity index (χ4n) is 2.05. The molecule has 1 aromatic carbocycles. The maximum atomic E-state index is 13.4. The van der Waals surface area contributed by atoms with Crippen molar-refractivity contribution in [3.05, 3.63) is 65.7 Å². The maximum absolute atomic E-state index is 13.4. The van der Waals surface area contributed by atoms with E-state index in [0.717, 1.165) is 10.6 Å². The summed E-state index contributed by atoms with van der Waals surface area (Å²) in [6.07, 6.45) is 3.19. The molecule has 122 valence electrons. The second-order valence-corrected chi connectivity index (χ2v) is 5.77. The van der Waals surface area contributed by atoms with E-state index in [2.05, 4.69) is 15.3 Å². The highest BCUT2D eigenvalue weighted by molar-refractivity contribution is 7.13. The molecule has 0 saturated heterocycles. The second-order valence-electron chi connectivity index (χ2n) is 4.82. The van der Waals surface area contributed by atoms with E-state index >= 15 is 0 Å². The first-order valence-corrected chi connectivity index (χ1v) is 8.10. The van der Waals surface area contributed by atoms with Crippen molar-refractivity contribution in [2.45, 2.75) is 6.54 Å². The standard InChI is InChI=1S/C17H14FN3O2S/c18-12-4-1-2-5-14(12)23-11-16(22)21-10-13-17(20-8-7-19-13)15-6-3-9-24-15/h1-9H,10-11H2,(H,21,22). The summed E-state index contributed by atoms with van der Waals surface area (Å²) in [5.74, 6) is -0.813. The Bertz CT molecular complexity index is 824. The summed E-state index contributed by atoms with van der Waals surface area (Å²) in [4.78, 5) is 21.5. The van der Waals surface area contributed by atoms with Gasteiger partial charge in [-0.25, -0.2) is 4.39 Å². The molecule has 5 nitrogen and oxygen atoms in total. The minimum absolute atomic E-state index is 0.0476. The summed E-state index contributed by atoms with van der Waals surface area (Å²) in [6, 6.07) is 9.83. The first kappa shape index (κ1) is 16.1. The molecule has 0 saturated carbocycles. The van der Waals surface area contributed by atoms with Crippen LogP contribution >= 0.6 is 11.3 Å². The van der Waals surface area contributed by atoms with Crippen LogP contribution in [0.2, 0.25) is 0 Å². The van der Waals surface area contributed by atoms with Crippen LogP contribution in [0.25, 0.3) is 10.6 Å². The highest BCUT2D eigenvalue weighted by atomic mass is 32.1. The number of nitrogens with zero attached hydrogens (tertiary/aromatic N) is 2. The van der Waals surface area contributed by atoms with Crippen LogP contribution in [-0.4, -0.2) is 22.5 Å². The molecule has 2 heterocycles. The van der Waals surface area contributed by atoms with Gasteiger partial charge in [0, 0.05) is 12.4 Å². The molecule has 3 aromatic rings. The lowest BCUT2D eigenvalue weighted by molar-refractivity contribution is -0.123. The molecule has 0 aliphatic heterocycles. The van der Waals surface area contributed by atoms with Crippen molar-refractivity contribution in [2.24, 2.45) is 0 Å². The normalized spacial score (nSPS) is 10.4. The first-order chi connectivity index (χ1) is 11.7. The molecule has 0 bridgehead atoms. The number of aromatic nitrogens is 2. The monoisotopic (exact) mass is 343 g/mol. The third-order valence-electron chi connectivity index (χ3n) is 3.18. The van der Waals surface area contributed by atoms with Crippen LogP contribution in [0.15, 0.2) is 54.2 Å². The van der Waals surface area contributed by atoms with Crippen LogP contribution in [0, 0.1) is 5.82 Å². The van der Waals surface area contributed by atoms with Gasteiger partial charge < -0.3 is 10.1 Å². The van der Waals surface area contributed by atoms with E-state index < -0.39 is 5.82 Å². The highest BCUT2D eigenvalue weighted by Crippen LogP contribution is 2.24. The number of rotatable bonds is 6. The number of nitrogens with one attached hydrogen (secondary N) is 1. The molecular formula is C17H14FN3O2S. The summed E-state index contributed by atoms with van der Waals surface area (Å²) in [6.45, 7) is -0.0456. The van der Waals surface area contributed by atoms with Crippen LogP contribution in [-0.2, 0) is 11.3 Å². The molecule has 3 rings (SSSR count). The van der Waals surface area contributed by atoms with E-state index in [1.165, 1.54) is 12.1 Å². The molecule has 1 amide bonds. The SMILES string of the molecule is O=C(COc1ccccc1F)NCc1nccnc1-c1cccs1. The zero-order valence-electron chi connectivity index (χ0n) is 12.6. The van der Waals surface area contributed by atoms with Gasteiger partial charge in [0.25, 0.3) is 5.91 Å². The highest BCUT2D eigenvalue weighted by Gasteiger charge is 2.11. The molecular weight excluding hydrogens is 329 g/mol. The van der Waals surface area contributed by atoms with Crippen molar-refractivity contribution < 1.29 is 13.9 Å². The van der Waals surface area contributed by atoms with Crippen LogP contribution in [0.5, 0.6) is 5.75 Å². The lowest BCUT2D eigenvalue weighted by Crippen LogP contribution is -2.29. The van der Waals surface area contributed by atoms with E-state index in [0.29, 0.717) is 5.69 Å². The summed E-state index contributed by atoms with van der Waals surface area (Å²) in [7, 11) is 0. The number of amides is 1. The number of hydrogen-bond acceptors (Lipinski definition) is 5. The fraction of sp³-hybridized carbons (Fsp3) is 0.118. The van der Waals surface area contributed by atoms with Gasteiger partial charge in [0.15, 0.2) is 18.2 Å². The van der Waals surface area contributed by atoms with Gasteiger partial charge in [0.1, 0.15) is 5.69 Å². The third-order valence-corrected chi connectivity index (χ3v) is 4.05. The average Bonchev–Trinajstić information content (AvgIpc) is 3.14. The number of carbonyl (C=O) groups is 1.